The van der Waals surface area contributed by atoms with E-state index in [1.54, 1.807) is 30.9 Å². The molecule has 0 fully saturated rings. The van der Waals surface area contributed by atoms with Gasteiger partial charge < -0.3 is 10.3 Å². The highest BCUT2D eigenvalue weighted by Crippen LogP contribution is 2.34. The van der Waals surface area contributed by atoms with Gasteiger partial charge in [-0.3, -0.25) is 10.1 Å². The van der Waals surface area contributed by atoms with E-state index in [-0.39, 0.29) is 5.13 Å². The van der Waals surface area contributed by atoms with E-state index in [4.69, 9.17) is 0 Å². The van der Waals surface area contributed by atoms with Crippen molar-refractivity contribution in [1.82, 2.24) is 35.1 Å². The standard InChI is InChI=1S/C27H23FN8S/c1-14(2)8-15(3)32-18-9-16(11-29-13-18)17-10-20-24(35-36-25(20)31-12-17)27-33-23-19(6-7-30-26(23)34-27)21-4-5-22(28)37-21/h4-7,9-14,32H,3,8H2,1-2H3,(H,30,33,34)(H,31,35,36). The molecule has 184 valence electrons. The van der Waals surface area contributed by atoms with Crippen molar-refractivity contribution in [2.24, 2.45) is 5.92 Å². The average Bonchev–Trinajstić information content (AvgIpc) is 3.60. The maximum atomic E-state index is 13.7. The molecule has 8 nitrogen and oxygen atoms in total. The number of rotatable bonds is 7. The Hall–Kier alpha value is -4.44. The number of nitrogens with one attached hydrogen (secondary N) is 3. The first-order chi connectivity index (χ1) is 17.9. The number of allylic oxidation sites excluding steroid dienone is 1. The lowest BCUT2D eigenvalue weighted by atomic mass is 10.1. The summed E-state index contributed by atoms with van der Waals surface area (Å²) >= 11 is 1.08. The summed E-state index contributed by atoms with van der Waals surface area (Å²) in [6.07, 6.45) is 7.92. The molecule has 0 saturated carbocycles. The van der Waals surface area contributed by atoms with Gasteiger partial charge in [0.15, 0.2) is 22.2 Å². The lowest BCUT2D eigenvalue weighted by Crippen LogP contribution is -2.02. The van der Waals surface area contributed by atoms with Gasteiger partial charge in [-0.15, -0.1) is 11.3 Å². The third kappa shape index (κ3) is 4.47. The molecule has 0 aromatic carbocycles. The molecule has 3 N–H and O–H groups in total. The fraction of sp³-hybridized carbons (Fsp3) is 0.148. The Labute approximate surface area is 215 Å². The first-order valence-corrected chi connectivity index (χ1v) is 12.6. The van der Waals surface area contributed by atoms with E-state index in [0.717, 1.165) is 61.6 Å². The minimum absolute atomic E-state index is 0.240. The van der Waals surface area contributed by atoms with Gasteiger partial charge in [-0.1, -0.05) is 20.4 Å². The van der Waals surface area contributed by atoms with Gasteiger partial charge in [0.2, 0.25) is 0 Å². The number of fused-ring (bicyclic) bond motifs is 2. The lowest BCUT2D eigenvalue weighted by Gasteiger charge is -2.12. The van der Waals surface area contributed by atoms with Crippen LogP contribution in [-0.2, 0) is 0 Å². The van der Waals surface area contributed by atoms with Crippen molar-refractivity contribution in [3.63, 3.8) is 0 Å². The third-order valence-electron chi connectivity index (χ3n) is 5.92. The van der Waals surface area contributed by atoms with E-state index >= 15 is 0 Å². The second-order valence-corrected chi connectivity index (χ2v) is 10.3. The summed E-state index contributed by atoms with van der Waals surface area (Å²) in [5.41, 5.74) is 7.00. The summed E-state index contributed by atoms with van der Waals surface area (Å²) < 4.78 is 13.7. The number of thiophene rings is 1. The summed E-state index contributed by atoms with van der Waals surface area (Å²) in [6.45, 7) is 8.44. The molecule has 0 aliphatic rings. The zero-order valence-corrected chi connectivity index (χ0v) is 21.0. The quantitative estimate of drug-likeness (QED) is 0.218. The van der Waals surface area contributed by atoms with Gasteiger partial charge in [0.1, 0.15) is 5.69 Å². The van der Waals surface area contributed by atoms with Gasteiger partial charge in [0.05, 0.1) is 22.8 Å². The van der Waals surface area contributed by atoms with Gasteiger partial charge in [-0.2, -0.15) is 9.49 Å². The minimum Gasteiger partial charge on any atom is -0.358 e. The average molecular weight is 511 g/mol. The second-order valence-electron chi connectivity index (χ2n) is 9.23. The zero-order valence-electron chi connectivity index (χ0n) is 20.2. The summed E-state index contributed by atoms with van der Waals surface area (Å²) in [5.74, 6) is 1.09. The molecule has 6 heterocycles. The SMILES string of the molecule is C=C(CC(C)C)Nc1cncc(-c2cnc3n[nH]c(-c4nc5nccc(-c6ccc(F)s6)c5[nH]4)c3c2)c1. The number of H-pyrrole nitrogens is 2. The van der Waals surface area contributed by atoms with Crippen molar-refractivity contribution in [3.8, 4) is 33.1 Å². The van der Waals surface area contributed by atoms with Crippen LogP contribution in [0.2, 0.25) is 0 Å². The number of pyridine rings is 3. The number of aromatic amines is 2. The van der Waals surface area contributed by atoms with Crippen molar-refractivity contribution in [1.29, 1.82) is 0 Å². The van der Waals surface area contributed by atoms with E-state index in [2.05, 4.69) is 60.9 Å². The summed E-state index contributed by atoms with van der Waals surface area (Å²) in [7, 11) is 0. The molecule has 0 saturated heterocycles. The number of anilines is 1. The normalized spacial score (nSPS) is 11.6. The van der Waals surface area contributed by atoms with Crippen LogP contribution in [0.1, 0.15) is 20.3 Å². The van der Waals surface area contributed by atoms with Crippen LogP contribution in [0.3, 0.4) is 0 Å². The maximum absolute atomic E-state index is 13.7. The Morgan fingerprint density at radius 1 is 1.08 bits per heavy atom. The number of hydrogen-bond donors (Lipinski definition) is 3. The Morgan fingerprint density at radius 3 is 2.76 bits per heavy atom. The monoisotopic (exact) mass is 510 g/mol. The Morgan fingerprint density at radius 2 is 1.95 bits per heavy atom. The van der Waals surface area contributed by atoms with Crippen LogP contribution in [0.25, 0.3) is 55.3 Å². The molecule has 0 bridgehead atoms. The topological polar surface area (TPSA) is 108 Å². The van der Waals surface area contributed by atoms with Crippen LogP contribution in [-0.4, -0.2) is 35.1 Å². The van der Waals surface area contributed by atoms with Crippen LogP contribution in [0.4, 0.5) is 10.1 Å². The van der Waals surface area contributed by atoms with E-state index in [0.29, 0.717) is 28.7 Å². The highest BCUT2D eigenvalue weighted by molar-refractivity contribution is 7.14. The highest BCUT2D eigenvalue weighted by atomic mass is 32.1. The number of nitrogens with zero attached hydrogens (tertiary/aromatic N) is 5. The summed E-state index contributed by atoms with van der Waals surface area (Å²) in [6, 6.07) is 9.11. The minimum atomic E-state index is -0.240. The molecular formula is C27H23FN8S. The molecule has 6 aromatic heterocycles. The van der Waals surface area contributed by atoms with Crippen LogP contribution < -0.4 is 5.32 Å². The lowest BCUT2D eigenvalue weighted by molar-refractivity contribution is 0.645. The molecular weight excluding hydrogens is 487 g/mol. The van der Waals surface area contributed by atoms with Crippen molar-refractivity contribution >= 4 is 39.2 Å². The van der Waals surface area contributed by atoms with E-state index in [1.807, 2.05) is 18.2 Å². The first kappa shape index (κ1) is 23.0. The second kappa shape index (κ2) is 9.21. The van der Waals surface area contributed by atoms with Crippen molar-refractivity contribution < 1.29 is 4.39 Å². The molecule has 10 heteroatoms. The molecule has 0 spiro atoms. The third-order valence-corrected chi connectivity index (χ3v) is 6.83. The predicted octanol–water partition coefficient (Wildman–Crippen LogP) is 6.80. The zero-order chi connectivity index (χ0) is 25.5. The van der Waals surface area contributed by atoms with Crippen LogP contribution in [0.15, 0.2) is 67.4 Å². The number of halogens is 1. The number of aromatic nitrogens is 7. The van der Waals surface area contributed by atoms with Gasteiger partial charge in [0.25, 0.3) is 0 Å². The fourth-order valence-corrected chi connectivity index (χ4v) is 5.11. The van der Waals surface area contributed by atoms with Crippen LogP contribution >= 0.6 is 11.3 Å². The molecule has 0 atom stereocenters. The van der Waals surface area contributed by atoms with Crippen molar-refractivity contribution in [3.05, 3.63) is 72.5 Å². The van der Waals surface area contributed by atoms with Crippen molar-refractivity contribution in [2.45, 2.75) is 20.3 Å². The van der Waals surface area contributed by atoms with Crippen molar-refractivity contribution in [2.75, 3.05) is 5.32 Å². The highest BCUT2D eigenvalue weighted by Gasteiger charge is 2.17. The van der Waals surface area contributed by atoms with Crippen LogP contribution in [0.5, 0.6) is 0 Å². The molecule has 37 heavy (non-hydrogen) atoms. The van der Waals surface area contributed by atoms with E-state index in [1.165, 1.54) is 6.07 Å². The van der Waals surface area contributed by atoms with Crippen LogP contribution in [0, 0.1) is 11.0 Å². The summed E-state index contributed by atoms with van der Waals surface area (Å²) in [5, 5.41) is 11.3. The number of imidazole rings is 1. The van der Waals surface area contributed by atoms with E-state index in [9.17, 15) is 4.39 Å². The predicted molar refractivity (Wildman–Crippen MR) is 145 cm³/mol. The molecule has 0 unspecified atom stereocenters. The number of hydrogen-bond acceptors (Lipinski definition) is 7. The first-order valence-electron chi connectivity index (χ1n) is 11.8. The molecule has 6 rings (SSSR count). The maximum Gasteiger partial charge on any atom is 0.181 e. The van der Waals surface area contributed by atoms with Gasteiger partial charge in [0, 0.05) is 45.9 Å². The Balaban J connectivity index is 1.38. The Bertz CT molecular complexity index is 1760. The fourth-order valence-electron chi connectivity index (χ4n) is 4.35. The molecule has 6 aromatic rings. The molecule has 0 radical (unpaired) electrons. The largest absolute Gasteiger partial charge is 0.358 e. The Kier molecular flexibility index (Phi) is 5.72. The van der Waals surface area contributed by atoms with Gasteiger partial charge in [-0.05, 0) is 42.7 Å². The summed E-state index contributed by atoms with van der Waals surface area (Å²) in [4.78, 5) is 22.2. The van der Waals surface area contributed by atoms with E-state index < -0.39 is 0 Å². The van der Waals surface area contributed by atoms with Gasteiger partial charge in [-0.25, -0.2) is 15.0 Å². The molecule has 0 aliphatic heterocycles. The molecule has 0 aliphatic carbocycles. The molecule has 0 amide bonds. The van der Waals surface area contributed by atoms with Gasteiger partial charge >= 0.3 is 0 Å². The smallest absolute Gasteiger partial charge is 0.181 e.